The molecule has 1 unspecified atom stereocenters. The zero-order valence-corrected chi connectivity index (χ0v) is 10.4. The maximum absolute atomic E-state index is 12.1. The Morgan fingerprint density at radius 1 is 1.44 bits per heavy atom. The molecule has 96 valence electrons. The van der Waals surface area contributed by atoms with Gasteiger partial charge in [-0.25, -0.2) is 0 Å². The molecule has 0 spiro atoms. The van der Waals surface area contributed by atoms with Crippen LogP contribution in [0.4, 0.5) is 5.69 Å². The molecule has 0 radical (unpaired) electrons. The van der Waals surface area contributed by atoms with Gasteiger partial charge in [0.15, 0.2) is 0 Å². The fourth-order valence-corrected chi connectivity index (χ4v) is 2.58. The van der Waals surface area contributed by atoms with E-state index in [1.807, 2.05) is 18.2 Å². The third kappa shape index (κ3) is 2.34. The minimum absolute atomic E-state index is 0.100. The zero-order valence-electron chi connectivity index (χ0n) is 10.4. The second kappa shape index (κ2) is 4.98. The number of benzene rings is 1. The van der Waals surface area contributed by atoms with E-state index in [0.717, 1.165) is 50.4 Å². The summed E-state index contributed by atoms with van der Waals surface area (Å²) in [7, 11) is 0. The van der Waals surface area contributed by atoms with Crippen LogP contribution >= 0.6 is 0 Å². The summed E-state index contributed by atoms with van der Waals surface area (Å²) in [6.07, 6.45) is 2.99. The number of anilines is 1. The van der Waals surface area contributed by atoms with Gasteiger partial charge in [-0.2, -0.15) is 0 Å². The van der Waals surface area contributed by atoms with Gasteiger partial charge in [0.05, 0.1) is 12.5 Å². The summed E-state index contributed by atoms with van der Waals surface area (Å²) in [5.41, 5.74) is 2.07. The number of hydrogen-bond donors (Lipinski definition) is 2. The Kier molecular flexibility index (Phi) is 3.19. The van der Waals surface area contributed by atoms with E-state index in [1.165, 1.54) is 5.56 Å². The number of hydrogen-bond acceptors (Lipinski definition) is 3. The predicted molar refractivity (Wildman–Crippen MR) is 69.9 cm³/mol. The van der Waals surface area contributed by atoms with Crippen LogP contribution in [0, 0.1) is 5.92 Å². The topological polar surface area (TPSA) is 50.4 Å². The molecular weight excluding hydrogens is 228 g/mol. The Balaban J connectivity index is 1.66. The molecule has 4 nitrogen and oxygen atoms in total. The first kappa shape index (κ1) is 11.5. The Hall–Kier alpha value is -1.55. The summed E-state index contributed by atoms with van der Waals surface area (Å²) in [5, 5.41) is 6.27. The van der Waals surface area contributed by atoms with Crippen LogP contribution in [-0.4, -0.2) is 25.6 Å². The van der Waals surface area contributed by atoms with Crippen LogP contribution in [0.1, 0.15) is 18.4 Å². The fourth-order valence-electron chi connectivity index (χ4n) is 2.58. The smallest absolute Gasteiger partial charge is 0.228 e. The number of carbonyl (C=O) groups is 1. The minimum atomic E-state index is 0.100. The van der Waals surface area contributed by atoms with Gasteiger partial charge in [0.25, 0.3) is 0 Å². The number of carbonyl (C=O) groups excluding carboxylic acids is 1. The van der Waals surface area contributed by atoms with Crippen LogP contribution in [0.3, 0.4) is 0 Å². The molecule has 4 heteroatoms. The van der Waals surface area contributed by atoms with E-state index in [-0.39, 0.29) is 11.8 Å². The highest BCUT2D eigenvalue weighted by Crippen LogP contribution is 2.28. The maximum atomic E-state index is 12.1. The van der Waals surface area contributed by atoms with Crippen molar-refractivity contribution >= 4 is 11.6 Å². The molecule has 1 atom stereocenters. The molecule has 2 aliphatic heterocycles. The summed E-state index contributed by atoms with van der Waals surface area (Å²) in [6, 6.07) is 5.88. The van der Waals surface area contributed by atoms with Gasteiger partial charge < -0.3 is 15.4 Å². The highest BCUT2D eigenvalue weighted by Gasteiger charge is 2.21. The van der Waals surface area contributed by atoms with E-state index < -0.39 is 0 Å². The van der Waals surface area contributed by atoms with Gasteiger partial charge in [-0.3, -0.25) is 4.79 Å². The maximum Gasteiger partial charge on any atom is 0.228 e. The third-order valence-corrected chi connectivity index (χ3v) is 3.62. The molecule has 3 rings (SSSR count). The zero-order chi connectivity index (χ0) is 12.4. The number of fused-ring (bicyclic) bond motifs is 1. The van der Waals surface area contributed by atoms with Crippen molar-refractivity contribution in [1.82, 2.24) is 5.32 Å². The SMILES string of the molecule is O=C(Nc1ccc2c(c1)CCO2)C1CCCNC1. The summed E-state index contributed by atoms with van der Waals surface area (Å²) in [6.45, 7) is 2.57. The molecule has 0 saturated carbocycles. The van der Waals surface area contributed by atoms with Crippen LogP contribution < -0.4 is 15.4 Å². The van der Waals surface area contributed by atoms with Crippen molar-refractivity contribution in [1.29, 1.82) is 0 Å². The lowest BCUT2D eigenvalue weighted by atomic mass is 9.98. The van der Waals surface area contributed by atoms with Gasteiger partial charge in [0.1, 0.15) is 5.75 Å². The van der Waals surface area contributed by atoms with Gasteiger partial charge in [0, 0.05) is 18.7 Å². The predicted octanol–water partition coefficient (Wildman–Crippen LogP) is 1.56. The molecular formula is C14H18N2O2. The Morgan fingerprint density at radius 2 is 2.39 bits per heavy atom. The van der Waals surface area contributed by atoms with Crippen LogP contribution in [0.2, 0.25) is 0 Å². The van der Waals surface area contributed by atoms with E-state index in [9.17, 15) is 4.79 Å². The second-order valence-electron chi connectivity index (χ2n) is 4.95. The van der Waals surface area contributed by atoms with Crippen molar-refractivity contribution in [2.45, 2.75) is 19.3 Å². The van der Waals surface area contributed by atoms with Crippen LogP contribution in [0.5, 0.6) is 5.75 Å². The molecule has 18 heavy (non-hydrogen) atoms. The number of nitrogens with one attached hydrogen (secondary N) is 2. The Bertz CT molecular complexity index is 453. The lowest BCUT2D eigenvalue weighted by molar-refractivity contribution is -0.120. The van der Waals surface area contributed by atoms with E-state index in [1.54, 1.807) is 0 Å². The van der Waals surface area contributed by atoms with Gasteiger partial charge in [-0.05, 0) is 43.1 Å². The normalized spacial score (nSPS) is 22.1. The third-order valence-electron chi connectivity index (χ3n) is 3.62. The lowest BCUT2D eigenvalue weighted by Crippen LogP contribution is -2.37. The number of amides is 1. The van der Waals surface area contributed by atoms with Crippen molar-refractivity contribution in [2.24, 2.45) is 5.92 Å². The summed E-state index contributed by atoms with van der Waals surface area (Å²) < 4.78 is 5.45. The summed E-state index contributed by atoms with van der Waals surface area (Å²) >= 11 is 0. The highest BCUT2D eigenvalue weighted by atomic mass is 16.5. The summed E-state index contributed by atoms with van der Waals surface area (Å²) in [4.78, 5) is 12.1. The van der Waals surface area contributed by atoms with Crippen molar-refractivity contribution < 1.29 is 9.53 Å². The standard InChI is InChI=1S/C14H18N2O2/c17-14(11-2-1-6-15-9-11)16-12-3-4-13-10(8-12)5-7-18-13/h3-4,8,11,15H,1-2,5-7,9H2,(H,16,17). The first-order valence-electron chi connectivity index (χ1n) is 6.60. The quantitative estimate of drug-likeness (QED) is 0.832. The largest absolute Gasteiger partial charge is 0.493 e. The van der Waals surface area contributed by atoms with Crippen LogP contribution in [-0.2, 0) is 11.2 Å². The minimum Gasteiger partial charge on any atom is -0.493 e. The van der Waals surface area contributed by atoms with Crippen molar-refractivity contribution in [3.8, 4) is 5.75 Å². The van der Waals surface area contributed by atoms with E-state index in [2.05, 4.69) is 10.6 Å². The molecule has 1 aromatic rings. The monoisotopic (exact) mass is 246 g/mol. The molecule has 2 aliphatic rings. The molecule has 1 fully saturated rings. The van der Waals surface area contributed by atoms with Crippen molar-refractivity contribution in [2.75, 3.05) is 25.0 Å². The number of rotatable bonds is 2. The van der Waals surface area contributed by atoms with Gasteiger partial charge in [-0.1, -0.05) is 0 Å². The molecule has 1 amide bonds. The first-order chi connectivity index (χ1) is 8.83. The van der Waals surface area contributed by atoms with Gasteiger partial charge in [-0.15, -0.1) is 0 Å². The second-order valence-corrected chi connectivity index (χ2v) is 4.95. The van der Waals surface area contributed by atoms with E-state index in [4.69, 9.17) is 4.74 Å². The molecule has 2 heterocycles. The van der Waals surface area contributed by atoms with Crippen molar-refractivity contribution in [3.63, 3.8) is 0 Å². The average molecular weight is 246 g/mol. The lowest BCUT2D eigenvalue weighted by Gasteiger charge is -2.22. The van der Waals surface area contributed by atoms with E-state index >= 15 is 0 Å². The van der Waals surface area contributed by atoms with Crippen molar-refractivity contribution in [3.05, 3.63) is 23.8 Å². The molecule has 0 bridgehead atoms. The molecule has 0 aromatic heterocycles. The van der Waals surface area contributed by atoms with Gasteiger partial charge in [0.2, 0.25) is 5.91 Å². The Morgan fingerprint density at radius 3 is 3.22 bits per heavy atom. The number of piperidine rings is 1. The molecule has 0 aliphatic carbocycles. The number of ether oxygens (including phenoxy) is 1. The van der Waals surface area contributed by atoms with Crippen LogP contribution in [0.15, 0.2) is 18.2 Å². The molecule has 2 N–H and O–H groups in total. The Labute approximate surface area is 107 Å². The highest BCUT2D eigenvalue weighted by molar-refractivity contribution is 5.93. The van der Waals surface area contributed by atoms with Crippen LogP contribution in [0.25, 0.3) is 0 Å². The fraction of sp³-hybridized carbons (Fsp3) is 0.500. The molecule has 1 aromatic carbocycles. The molecule has 1 saturated heterocycles. The van der Waals surface area contributed by atoms with Gasteiger partial charge >= 0.3 is 0 Å². The average Bonchev–Trinajstić information content (AvgIpc) is 2.87. The first-order valence-corrected chi connectivity index (χ1v) is 6.60. The summed E-state index contributed by atoms with van der Waals surface area (Å²) in [5.74, 6) is 1.18. The van der Waals surface area contributed by atoms with E-state index in [0.29, 0.717) is 0 Å².